The second-order valence-corrected chi connectivity index (χ2v) is 5.86. The first-order valence-electron chi connectivity index (χ1n) is 6.90. The van der Waals surface area contributed by atoms with E-state index in [1.54, 1.807) is 31.4 Å². The normalized spacial score (nSPS) is 14.8. The van der Waals surface area contributed by atoms with Crippen LogP contribution in [0.4, 0.5) is 11.4 Å². The highest BCUT2D eigenvalue weighted by Gasteiger charge is 2.21. The van der Waals surface area contributed by atoms with E-state index in [0.29, 0.717) is 16.3 Å². The minimum Gasteiger partial charge on any atom is -0.497 e. The smallest absolute Gasteiger partial charge is 0.262 e. The van der Waals surface area contributed by atoms with E-state index >= 15 is 0 Å². The molecule has 5 nitrogen and oxygen atoms in total. The molecule has 1 aliphatic rings. The molecule has 1 aliphatic heterocycles. The second kappa shape index (κ2) is 6.58. The predicted octanol–water partition coefficient (Wildman–Crippen LogP) is 3.26. The standard InChI is InChI=1S/C17H14N2O3S/c1-22-12-8-6-11(7-9-12)18-16(20)10-15-17(21)19-13-4-2-3-5-14(13)23-15/h2-10H,1H3,(H,18,20)(H,19,21)/b15-10+. The number of hydrogen-bond acceptors (Lipinski definition) is 4. The van der Waals surface area contributed by atoms with Gasteiger partial charge in [-0.2, -0.15) is 0 Å². The quantitative estimate of drug-likeness (QED) is 0.850. The van der Waals surface area contributed by atoms with Crippen LogP contribution in [-0.4, -0.2) is 18.9 Å². The second-order valence-electron chi connectivity index (χ2n) is 4.78. The average Bonchev–Trinajstić information content (AvgIpc) is 2.56. The number of anilines is 2. The van der Waals surface area contributed by atoms with Crippen LogP contribution in [0.2, 0.25) is 0 Å². The van der Waals surface area contributed by atoms with Crippen LogP contribution in [0.1, 0.15) is 0 Å². The summed E-state index contributed by atoms with van der Waals surface area (Å²) in [6.45, 7) is 0. The van der Waals surface area contributed by atoms with Crippen molar-refractivity contribution in [3.05, 3.63) is 59.5 Å². The molecule has 0 aromatic heterocycles. The van der Waals surface area contributed by atoms with E-state index in [1.165, 1.54) is 17.8 Å². The van der Waals surface area contributed by atoms with Gasteiger partial charge in [0, 0.05) is 16.7 Å². The number of fused-ring (bicyclic) bond motifs is 1. The lowest BCUT2D eigenvalue weighted by Crippen LogP contribution is -2.19. The van der Waals surface area contributed by atoms with Crippen LogP contribution in [0.25, 0.3) is 0 Å². The topological polar surface area (TPSA) is 67.4 Å². The fourth-order valence-electron chi connectivity index (χ4n) is 2.07. The van der Waals surface area contributed by atoms with Crippen molar-refractivity contribution in [3.8, 4) is 5.75 Å². The molecule has 0 bridgehead atoms. The van der Waals surface area contributed by atoms with Gasteiger partial charge in [-0.3, -0.25) is 9.59 Å². The monoisotopic (exact) mass is 326 g/mol. The maximum Gasteiger partial charge on any atom is 0.262 e. The summed E-state index contributed by atoms with van der Waals surface area (Å²) in [7, 11) is 1.58. The van der Waals surface area contributed by atoms with E-state index < -0.39 is 0 Å². The molecule has 0 radical (unpaired) electrons. The fourth-order valence-corrected chi connectivity index (χ4v) is 3.00. The Morgan fingerprint density at radius 1 is 1.17 bits per heavy atom. The van der Waals surface area contributed by atoms with E-state index in [2.05, 4.69) is 10.6 Å². The highest BCUT2D eigenvalue weighted by molar-refractivity contribution is 8.04. The van der Waals surface area contributed by atoms with Gasteiger partial charge in [0.1, 0.15) is 5.75 Å². The van der Waals surface area contributed by atoms with Gasteiger partial charge in [0.2, 0.25) is 5.91 Å². The molecular formula is C17H14N2O3S. The van der Waals surface area contributed by atoms with Crippen molar-refractivity contribution in [1.29, 1.82) is 0 Å². The number of thioether (sulfide) groups is 1. The van der Waals surface area contributed by atoms with Gasteiger partial charge in [0.05, 0.1) is 17.7 Å². The summed E-state index contributed by atoms with van der Waals surface area (Å²) < 4.78 is 5.06. The number of methoxy groups -OCH3 is 1. The fraction of sp³-hybridized carbons (Fsp3) is 0.0588. The van der Waals surface area contributed by atoms with Crippen LogP contribution in [0.3, 0.4) is 0 Å². The molecule has 23 heavy (non-hydrogen) atoms. The van der Waals surface area contributed by atoms with Crippen molar-refractivity contribution in [3.63, 3.8) is 0 Å². The summed E-state index contributed by atoms with van der Waals surface area (Å²) in [4.78, 5) is 25.4. The molecule has 2 amide bonds. The molecule has 0 unspecified atom stereocenters. The predicted molar refractivity (Wildman–Crippen MR) is 90.6 cm³/mol. The lowest BCUT2D eigenvalue weighted by Gasteiger charge is -2.18. The van der Waals surface area contributed by atoms with E-state index in [1.807, 2.05) is 24.3 Å². The maximum absolute atomic E-state index is 12.1. The summed E-state index contributed by atoms with van der Waals surface area (Å²) in [5, 5.41) is 5.49. The van der Waals surface area contributed by atoms with Gasteiger partial charge in [-0.1, -0.05) is 23.9 Å². The van der Waals surface area contributed by atoms with Gasteiger partial charge >= 0.3 is 0 Å². The van der Waals surface area contributed by atoms with Crippen LogP contribution in [-0.2, 0) is 9.59 Å². The molecule has 0 spiro atoms. The molecule has 2 aromatic carbocycles. The van der Waals surface area contributed by atoms with E-state index in [-0.39, 0.29) is 11.8 Å². The Labute approximate surface area is 137 Å². The van der Waals surface area contributed by atoms with Crippen LogP contribution in [0.5, 0.6) is 5.75 Å². The summed E-state index contributed by atoms with van der Waals surface area (Å²) in [5.74, 6) is 0.0750. The lowest BCUT2D eigenvalue weighted by molar-refractivity contribution is -0.114. The summed E-state index contributed by atoms with van der Waals surface area (Å²) >= 11 is 1.28. The number of ether oxygens (including phenoxy) is 1. The van der Waals surface area contributed by atoms with Crippen molar-refractivity contribution in [2.45, 2.75) is 4.90 Å². The first kappa shape index (κ1) is 15.2. The molecule has 0 aliphatic carbocycles. The van der Waals surface area contributed by atoms with Crippen LogP contribution >= 0.6 is 11.8 Å². The third kappa shape index (κ3) is 3.54. The zero-order valence-electron chi connectivity index (χ0n) is 12.3. The number of hydrogen-bond donors (Lipinski definition) is 2. The summed E-state index contributed by atoms with van der Waals surface area (Å²) in [5.41, 5.74) is 1.39. The first-order chi connectivity index (χ1) is 11.2. The Balaban J connectivity index is 1.73. The average molecular weight is 326 g/mol. The Kier molecular flexibility index (Phi) is 4.34. The number of para-hydroxylation sites is 1. The van der Waals surface area contributed by atoms with Crippen molar-refractivity contribution in [1.82, 2.24) is 0 Å². The molecule has 0 atom stereocenters. The zero-order chi connectivity index (χ0) is 16.2. The highest BCUT2D eigenvalue weighted by Crippen LogP contribution is 2.37. The number of rotatable bonds is 3. The van der Waals surface area contributed by atoms with Gasteiger partial charge in [0.25, 0.3) is 5.91 Å². The van der Waals surface area contributed by atoms with Gasteiger partial charge in [0.15, 0.2) is 0 Å². The van der Waals surface area contributed by atoms with Crippen LogP contribution in [0, 0.1) is 0 Å². The maximum atomic E-state index is 12.1. The minimum absolute atomic E-state index is 0.279. The Morgan fingerprint density at radius 3 is 2.65 bits per heavy atom. The molecule has 3 rings (SSSR count). The third-order valence-electron chi connectivity index (χ3n) is 3.20. The van der Waals surface area contributed by atoms with E-state index in [9.17, 15) is 9.59 Å². The molecule has 116 valence electrons. The lowest BCUT2D eigenvalue weighted by atomic mass is 10.3. The minimum atomic E-state index is -0.354. The molecule has 6 heteroatoms. The highest BCUT2D eigenvalue weighted by atomic mass is 32.2. The van der Waals surface area contributed by atoms with E-state index in [0.717, 1.165) is 10.6 Å². The van der Waals surface area contributed by atoms with Gasteiger partial charge < -0.3 is 15.4 Å². The Morgan fingerprint density at radius 2 is 1.91 bits per heavy atom. The number of carbonyl (C=O) groups excluding carboxylic acids is 2. The van der Waals surface area contributed by atoms with Crippen molar-refractivity contribution in [2.75, 3.05) is 17.7 Å². The number of nitrogens with one attached hydrogen (secondary N) is 2. The molecule has 0 saturated carbocycles. The van der Waals surface area contributed by atoms with Gasteiger partial charge in [-0.25, -0.2) is 0 Å². The molecule has 2 aromatic rings. The first-order valence-corrected chi connectivity index (χ1v) is 7.72. The summed E-state index contributed by atoms with van der Waals surface area (Å²) in [6, 6.07) is 14.4. The third-order valence-corrected chi connectivity index (χ3v) is 4.30. The van der Waals surface area contributed by atoms with Crippen LogP contribution < -0.4 is 15.4 Å². The largest absolute Gasteiger partial charge is 0.497 e. The zero-order valence-corrected chi connectivity index (χ0v) is 13.1. The van der Waals surface area contributed by atoms with E-state index in [4.69, 9.17) is 4.74 Å². The van der Waals surface area contributed by atoms with Gasteiger partial charge in [-0.05, 0) is 36.4 Å². The van der Waals surface area contributed by atoms with Crippen LogP contribution in [0.15, 0.2) is 64.4 Å². The molecule has 0 saturated heterocycles. The Hall–Kier alpha value is -2.73. The SMILES string of the molecule is COc1ccc(NC(=O)/C=C2/Sc3ccccc3NC2=O)cc1. The van der Waals surface area contributed by atoms with Gasteiger partial charge in [-0.15, -0.1) is 0 Å². The molecule has 0 fully saturated rings. The van der Waals surface area contributed by atoms with Crippen molar-refractivity contribution >= 4 is 35.0 Å². The van der Waals surface area contributed by atoms with Crippen molar-refractivity contribution < 1.29 is 14.3 Å². The number of amides is 2. The molecule has 2 N–H and O–H groups in total. The summed E-state index contributed by atoms with van der Waals surface area (Å²) in [6.07, 6.45) is 1.31. The number of benzene rings is 2. The number of carbonyl (C=O) groups is 2. The Bertz CT molecular complexity index is 785. The molecule has 1 heterocycles. The van der Waals surface area contributed by atoms with Crippen molar-refractivity contribution in [2.24, 2.45) is 0 Å². The molecular weight excluding hydrogens is 312 g/mol.